The van der Waals surface area contributed by atoms with Crippen molar-refractivity contribution in [3.63, 3.8) is 0 Å². The number of fused-ring (bicyclic) bond motifs is 1. The molecule has 1 saturated heterocycles. The monoisotopic (exact) mass is 360 g/mol. The quantitative estimate of drug-likeness (QED) is 0.669. The lowest BCUT2D eigenvalue weighted by Gasteiger charge is -2.18. The van der Waals surface area contributed by atoms with Crippen molar-refractivity contribution in [1.82, 2.24) is 0 Å². The molecule has 0 saturated carbocycles. The Balaban J connectivity index is 1.59. The Bertz CT molecular complexity index is 949. The molecule has 0 aromatic heterocycles. The normalized spacial score (nSPS) is 21.7. The van der Waals surface area contributed by atoms with Gasteiger partial charge in [-0.3, -0.25) is 19.3 Å². The lowest BCUT2D eigenvalue weighted by Crippen LogP contribution is -2.31. The van der Waals surface area contributed by atoms with Crippen molar-refractivity contribution in [1.29, 1.82) is 0 Å². The third kappa shape index (κ3) is 3.16. The number of nitrogens with zero attached hydrogens (tertiary/aromatic N) is 1. The van der Waals surface area contributed by atoms with Crippen LogP contribution in [-0.2, 0) is 9.59 Å². The first-order valence-corrected chi connectivity index (χ1v) is 9.04. The molecular formula is C22H20N2O3. The lowest BCUT2D eigenvalue weighted by molar-refractivity contribution is -0.122. The second-order valence-electron chi connectivity index (χ2n) is 7.09. The first-order valence-electron chi connectivity index (χ1n) is 9.04. The first-order chi connectivity index (χ1) is 13.0. The van der Waals surface area contributed by atoms with Crippen molar-refractivity contribution in [2.45, 2.75) is 19.8 Å². The highest BCUT2D eigenvalue weighted by Crippen LogP contribution is 2.39. The second-order valence-corrected chi connectivity index (χ2v) is 7.09. The molecule has 5 nitrogen and oxygen atoms in total. The molecule has 3 amide bonds. The van der Waals surface area contributed by atoms with Crippen LogP contribution in [-0.4, -0.2) is 17.7 Å². The summed E-state index contributed by atoms with van der Waals surface area (Å²) in [7, 11) is 0. The van der Waals surface area contributed by atoms with E-state index < -0.39 is 0 Å². The average molecular weight is 360 g/mol. The molecule has 136 valence electrons. The summed E-state index contributed by atoms with van der Waals surface area (Å²) in [5.41, 5.74) is 2.70. The van der Waals surface area contributed by atoms with Gasteiger partial charge in [0.2, 0.25) is 11.8 Å². The predicted molar refractivity (Wildman–Crippen MR) is 103 cm³/mol. The summed E-state index contributed by atoms with van der Waals surface area (Å²) >= 11 is 0. The molecular weight excluding hydrogens is 340 g/mol. The maximum Gasteiger partial charge on any atom is 0.255 e. The van der Waals surface area contributed by atoms with Gasteiger partial charge < -0.3 is 5.32 Å². The van der Waals surface area contributed by atoms with E-state index in [9.17, 15) is 14.4 Å². The van der Waals surface area contributed by atoms with Crippen LogP contribution in [0.4, 0.5) is 11.4 Å². The number of hydrogen-bond acceptors (Lipinski definition) is 3. The van der Waals surface area contributed by atoms with Crippen molar-refractivity contribution in [2.24, 2.45) is 11.8 Å². The number of nitrogens with one attached hydrogen (secondary N) is 1. The SMILES string of the molecule is CC1=CC[C@@H]2C(=O)N(c3cccc(C(=O)Nc4ccccc4)c3)C(=O)[C@@H]2C1. The Morgan fingerprint density at radius 3 is 2.52 bits per heavy atom. The van der Waals surface area contributed by atoms with E-state index in [1.165, 1.54) is 4.90 Å². The van der Waals surface area contributed by atoms with Crippen molar-refractivity contribution in [2.75, 3.05) is 10.2 Å². The minimum atomic E-state index is -0.289. The number of rotatable bonds is 3. The zero-order valence-electron chi connectivity index (χ0n) is 15.0. The maximum atomic E-state index is 12.8. The summed E-state index contributed by atoms with van der Waals surface area (Å²) in [5, 5.41) is 2.82. The van der Waals surface area contributed by atoms with Crippen LogP contribution in [0, 0.1) is 11.8 Å². The van der Waals surface area contributed by atoms with Crippen LogP contribution in [0.5, 0.6) is 0 Å². The molecule has 27 heavy (non-hydrogen) atoms. The number of benzene rings is 2. The predicted octanol–water partition coefficient (Wildman–Crippen LogP) is 3.78. The highest BCUT2D eigenvalue weighted by atomic mass is 16.2. The molecule has 0 bridgehead atoms. The summed E-state index contributed by atoms with van der Waals surface area (Å²) in [4.78, 5) is 39.4. The van der Waals surface area contributed by atoms with Gasteiger partial charge in [-0.25, -0.2) is 0 Å². The lowest BCUT2D eigenvalue weighted by atomic mass is 9.82. The maximum absolute atomic E-state index is 12.8. The molecule has 1 aliphatic heterocycles. The van der Waals surface area contributed by atoms with Crippen LogP contribution < -0.4 is 10.2 Å². The highest BCUT2D eigenvalue weighted by Gasteiger charge is 2.48. The van der Waals surface area contributed by atoms with E-state index in [4.69, 9.17) is 0 Å². The molecule has 0 spiro atoms. The fraction of sp³-hybridized carbons (Fsp3) is 0.227. The molecule has 1 heterocycles. The van der Waals surface area contributed by atoms with Gasteiger partial charge in [-0.15, -0.1) is 0 Å². The number of carbonyl (C=O) groups excluding carboxylic acids is 3. The van der Waals surface area contributed by atoms with Crippen LogP contribution in [0.15, 0.2) is 66.2 Å². The minimum Gasteiger partial charge on any atom is -0.322 e. The Hall–Kier alpha value is -3.21. The third-order valence-electron chi connectivity index (χ3n) is 5.22. The van der Waals surface area contributed by atoms with E-state index in [1.54, 1.807) is 36.4 Å². The first kappa shape index (κ1) is 17.2. The van der Waals surface area contributed by atoms with Gasteiger partial charge in [0.25, 0.3) is 5.91 Å². The average Bonchev–Trinajstić information content (AvgIpc) is 2.92. The van der Waals surface area contributed by atoms with Gasteiger partial charge in [0, 0.05) is 11.3 Å². The van der Waals surface area contributed by atoms with Gasteiger partial charge in [0.05, 0.1) is 17.5 Å². The molecule has 1 aliphatic carbocycles. The molecule has 2 aliphatic rings. The van der Waals surface area contributed by atoms with Crippen molar-refractivity contribution >= 4 is 29.1 Å². The summed E-state index contributed by atoms with van der Waals surface area (Å²) in [5.74, 6) is -1.20. The molecule has 2 aromatic carbocycles. The topological polar surface area (TPSA) is 66.5 Å². The summed E-state index contributed by atoms with van der Waals surface area (Å²) in [6.07, 6.45) is 3.27. The number of para-hydroxylation sites is 1. The largest absolute Gasteiger partial charge is 0.322 e. The van der Waals surface area contributed by atoms with Gasteiger partial charge in [0.1, 0.15) is 0 Å². The fourth-order valence-corrected chi connectivity index (χ4v) is 3.80. The van der Waals surface area contributed by atoms with Crippen LogP contribution >= 0.6 is 0 Å². The van der Waals surface area contributed by atoms with Crippen molar-refractivity contribution < 1.29 is 14.4 Å². The minimum absolute atomic E-state index is 0.168. The Labute approximate surface area is 157 Å². The molecule has 1 fully saturated rings. The van der Waals surface area contributed by atoms with Crippen LogP contribution in [0.2, 0.25) is 0 Å². The molecule has 2 atom stereocenters. The highest BCUT2D eigenvalue weighted by molar-refractivity contribution is 6.22. The third-order valence-corrected chi connectivity index (χ3v) is 5.22. The number of hydrogen-bond donors (Lipinski definition) is 1. The molecule has 2 aromatic rings. The number of anilines is 2. The van der Waals surface area contributed by atoms with Gasteiger partial charge in [0.15, 0.2) is 0 Å². The fourth-order valence-electron chi connectivity index (χ4n) is 3.80. The van der Waals surface area contributed by atoms with Crippen LogP contribution in [0.3, 0.4) is 0 Å². The standard InChI is InChI=1S/C22H20N2O3/c1-14-10-11-18-19(12-14)22(27)24(21(18)26)17-9-5-6-15(13-17)20(25)23-16-7-3-2-4-8-16/h2-10,13,18-19H,11-12H2,1H3,(H,23,25)/t18-,19+/m0/s1. The number of imide groups is 1. The Kier molecular flexibility index (Phi) is 4.36. The smallest absolute Gasteiger partial charge is 0.255 e. The van der Waals surface area contributed by atoms with E-state index in [0.29, 0.717) is 29.8 Å². The number of allylic oxidation sites excluding steroid dienone is 2. The zero-order chi connectivity index (χ0) is 19.0. The van der Waals surface area contributed by atoms with Gasteiger partial charge in [-0.1, -0.05) is 35.9 Å². The number of amides is 3. The number of carbonyl (C=O) groups is 3. The molecule has 4 rings (SSSR count). The van der Waals surface area contributed by atoms with E-state index in [1.807, 2.05) is 31.2 Å². The van der Waals surface area contributed by atoms with Crippen molar-refractivity contribution in [3.8, 4) is 0 Å². The van der Waals surface area contributed by atoms with Crippen molar-refractivity contribution in [3.05, 3.63) is 71.8 Å². The van der Waals surface area contributed by atoms with E-state index >= 15 is 0 Å². The van der Waals surface area contributed by atoms with Gasteiger partial charge in [-0.05, 0) is 50.1 Å². The molecule has 5 heteroatoms. The molecule has 0 radical (unpaired) electrons. The summed E-state index contributed by atoms with van der Waals surface area (Å²) in [6, 6.07) is 15.8. The van der Waals surface area contributed by atoms with E-state index in [-0.39, 0.29) is 29.6 Å². The Morgan fingerprint density at radius 2 is 1.74 bits per heavy atom. The Morgan fingerprint density at radius 1 is 1.00 bits per heavy atom. The molecule has 1 N–H and O–H groups in total. The van der Waals surface area contributed by atoms with Crippen LogP contribution in [0.25, 0.3) is 0 Å². The summed E-state index contributed by atoms with van der Waals surface area (Å²) in [6.45, 7) is 1.99. The van der Waals surface area contributed by atoms with Gasteiger partial charge in [-0.2, -0.15) is 0 Å². The summed E-state index contributed by atoms with van der Waals surface area (Å²) < 4.78 is 0. The second kappa shape index (κ2) is 6.83. The zero-order valence-corrected chi connectivity index (χ0v) is 15.0. The van der Waals surface area contributed by atoms with Gasteiger partial charge >= 0.3 is 0 Å². The van der Waals surface area contributed by atoms with Crippen LogP contribution in [0.1, 0.15) is 30.1 Å². The van der Waals surface area contributed by atoms with E-state index in [0.717, 1.165) is 5.57 Å². The van der Waals surface area contributed by atoms with E-state index in [2.05, 4.69) is 5.32 Å². The molecule has 0 unspecified atom stereocenters.